The number of carbonyl (C=O) groups excluding carboxylic acids is 2. The smallest absolute Gasteiger partial charge is 0.259 e. The van der Waals surface area contributed by atoms with Crippen LogP contribution in [0.15, 0.2) is 17.0 Å². The first-order valence-electron chi connectivity index (χ1n) is 9.65. The van der Waals surface area contributed by atoms with Crippen LogP contribution in [0.25, 0.3) is 0 Å². The normalized spacial score (nSPS) is 21.4. The Morgan fingerprint density at radius 2 is 2.04 bits per heavy atom. The Bertz CT molecular complexity index is 889. The van der Waals surface area contributed by atoms with Crippen molar-refractivity contribution in [1.29, 1.82) is 0 Å². The monoisotopic (exact) mass is 369 g/mol. The molecule has 2 aromatic heterocycles. The van der Waals surface area contributed by atoms with Crippen LogP contribution in [0.2, 0.25) is 0 Å². The van der Waals surface area contributed by atoms with Gasteiger partial charge in [0.05, 0.1) is 23.8 Å². The van der Waals surface area contributed by atoms with E-state index in [0.29, 0.717) is 37.3 Å². The number of nitrogens with zero attached hydrogens (tertiary/aromatic N) is 4. The van der Waals surface area contributed by atoms with Gasteiger partial charge in [-0.25, -0.2) is 4.98 Å². The highest BCUT2D eigenvalue weighted by Gasteiger charge is 2.51. The Morgan fingerprint density at radius 3 is 2.70 bits per heavy atom. The fraction of sp³-hybridized carbons (Fsp3) is 0.579. The number of aryl methyl sites for hydroxylation is 1. The van der Waals surface area contributed by atoms with Crippen LogP contribution in [0.4, 0.5) is 0 Å². The van der Waals surface area contributed by atoms with Crippen LogP contribution in [-0.4, -0.2) is 56.4 Å². The molecule has 0 bridgehead atoms. The highest BCUT2D eigenvalue weighted by atomic mass is 16.5. The number of aromatic amines is 1. The summed E-state index contributed by atoms with van der Waals surface area (Å²) in [5.74, 6) is 0.930. The highest BCUT2D eigenvalue weighted by molar-refractivity contribution is 5.94. The number of H-pyrrole nitrogens is 1. The first kappa shape index (κ1) is 16.5. The molecule has 2 fully saturated rings. The van der Waals surface area contributed by atoms with E-state index in [2.05, 4.69) is 20.0 Å². The Kier molecular flexibility index (Phi) is 3.63. The number of aromatic nitrogens is 3. The van der Waals surface area contributed by atoms with Gasteiger partial charge in [0.1, 0.15) is 11.3 Å². The van der Waals surface area contributed by atoms with Crippen LogP contribution >= 0.6 is 0 Å². The second-order valence-electron chi connectivity index (χ2n) is 7.86. The molecule has 2 amide bonds. The molecule has 8 nitrogen and oxygen atoms in total. The van der Waals surface area contributed by atoms with Crippen molar-refractivity contribution in [2.24, 2.45) is 5.92 Å². The molecule has 1 saturated carbocycles. The second kappa shape index (κ2) is 5.94. The Labute approximate surface area is 156 Å². The summed E-state index contributed by atoms with van der Waals surface area (Å²) in [4.78, 5) is 37.6. The first-order valence-corrected chi connectivity index (χ1v) is 9.65. The summed E-state index contributed by atoms with van der Waals surface area (Å²) in [5, 5.41) is 3.72. The number of rotatable bonds is 2. The molecule has 0 aromatic carbocycles. The average Bonchev–Trinajstić information content (AvgIpc) is 3.26. The molecule has 1 N–H and O–H groups in total. The summed E-state index contributed by atoms with van der Waals surface area (Å²) in [6.07, 6.45) is 7.44. The maximum atomic E-state index is 13.0. The van der Waals surface area contributed by atoms with Gasteiger partial charge in [0, 0.05) is 37.7 Å². The molecule has 1 spiro atoms. The molecular formula is C19H23N5O3. The number of carbonyl (C=O) groups is 2. The topological polar surface area (TPSA) is 95.3 Å². The van der Waals surface area contributed by atoms with Crippen LogP contribution < -0.4 is 0 Å². The molecule has 8 heteroatoms. The summed E-state index contributed by atoms with van der Waals surface area (Å²) in [6, 6.07) is 0. The van der Waals surface area contributed by atoms with Crippen LogP contribution in [-0.2, 0) is 16.8 Å². The van der Waals surface area contributed by atoms with Crippen molar-refractivity contribution >= 4 is 11.8 Å². The summed E-state index contributed by atoms with van der Waals surface area (Å²) < 4.78 is 5.04. The lowest BCUT2D eigenvalue weighted by Gasteiger charge is -2.50. The van der Waals surface area contributed by atoms with E-state index >= 15 is 0 Å². The fourth-order valence-electron chi connectivity index (χ4n) is 4.61. The van der Waals surface area contributed by atoms with Crippen molar-refractivity contribution < 1.29 is 14.1 Å². The third-order valence-corrected chi connectivity index (χ3v) is 6.31. The van der Waals surface area contributed by atoms with E-state index in [4.69, 9.17) is 4.52 Å². The molecule has 0 atom stereocenters. The minimum Gasteiger partial charge on any atom is -0.361 e. The molecule has 1 saturated heterocycles. The van der Waals surface area contributed by atoms with Gasteiger partial charge in [-0.15, -0.1) is 0 Å². The van der Waals surface area contributed by atoms with Gasteiger partial charge in [-0.05, 0) is 32.6 Å². The molecule has 142 valence electrons. The number of piperidine rings is 1. The lowest BCUT2D eigenvalue weighted by Crippen LogP contribution is -2.59. The summed E-state index contributed by atoms with van der Waals surface area (Å²) in [5.41, 5.74) is 2.25. The van der Waals surface area contributed by atoms with Gasteiger partial charge in [-0.2, -0.15) is 0 Å². The molecular weight excluding hydrogens is 346 g/mol. The van der Waals surface area contributed by atoms with Crippen molar-refractivity contribution in [2.75, 3.05) is 19.6 Å². The van der Waals surface area contributed by atoms with Gasteiger partial charge < -0.3 is 19.3 Å². The molecule has 27 heavy (non-hydrogen) atoms. The van der Waals surface area contributed by atoms with Crippen molar-refractivity contribution in [3.05, 3.63) is 35.2 Å². The van der Waals surface area contributed by atoms with E-state index in [1.807, 2.05) is 4.90 Å². The summed E-state index contributed by atoms with van der Waals surface area (Å²) in [6.45, 7) is 3.65. The molecule has 4 heterocycles. The predicted octanol–water partition coefficient (Wildman–Crippen LogP) is 1.63. The van der Waals surface area contributed by atoms with Crippen LogP contribution in [0.3, 0.4) is 0 Å². The Hall–Kier alpha value is -2.64. The fourth-order valence-corrected chi connectivity index (χ4v) is 4.61. The number of hydrogen-bond donors (Lipinski definition) is 1. The number of amides is 2. The minimum atomic E-state index is -0.395. The minimum absolute atomic E-state index is 0.0540. The van der Waals surface area contributed by atoms with E-state index in [1.165, 1.54) is 6.20 Å². The number of hydrogen-bond acceptors (Lipinski definition) is 5. The molecule has 1 aliphatic carbocycles. The molecule has 3 aliphatic rings. The van der Waals surface area contributed by atoms with E-state index in [-0.39, 0.29) is 17.7 Å². The third kappa shape index (κ3) is 2.49. The Morgan fingerprint density at radius 1 is 1.26 bits per heavy atom. The average molecular weight is 369 g/mol. The first-order chi connectivity index (χ1) is 13.1. The van der Waals surface area contributed by atoms with Gasteiger partial charge in [-0.1, -0.05) is 5.16 Å². The zero-order valence-electron chi connectivity index (χ0n) is 15.4. The number of fused-ring (bicyclic) bond motifs is 2. The van der Waals surface area contributed by atoms with Gasteiger partial charge in [-0.3, -0.25) is 9.59 Å². The second-order valence-corrected chi connectivity index (χ2v) is 7.86. The molecule has 2 aromatic rings. The van der Waals surface area contributed by atoms with Crippen LogP contribution in [0, 0.1) is 12.8 Å². The lowest BCUT2D eigenvalue weighted by molar-refractivity contribution is -0.143. The highest BCUT2D eigenvalue weighted by Crippen LogP contribution is 2.45. The van der Waals surface area contributed by atoms with E-state index in [0.717, 1.165) is 37.2 Å². The number of nitrogens with one attached hydrogen (secondary N) is 1. The number of imidazole rings is 1. The van der Waals surface area contributed by atoms with Gasteiger partial charge in [0.2, 0.25) is 5.91 Å². The van der Waals surface area contributed by atoms with Gasteiger partial charge in [0.25, 0.3) is 5.91 Å². The van der Waals surface area contributed by atoms with Crippen LogP contribution in [0.1, 0.15) is 53.2 Å². The van der Waals surface area contributed by atoms with Crippen LogP contribution in [0.5, 0.6) is 0 Å². The van der Waals surface area contributed by atoms with Gasteiger partial charge in [0.15, 0.2) is 0 Å². The lowest BCUT2D eigenvalue weighted by atomic mass is 9.78. The summed E-state index contributed by atoms with van der Waals surface area (Å²) in [7, 11) is 0. The molecule has 0 unspecified atom stereocenters. The maximum Gasteiger partial charge on any atom is 0.259 e. The zero-order chi connectivity index (χ0) is 18.6. The van der Waals surface area contributed by atoms with Crippen molar-refractivity contribution in [3.63, 3.8) is 0 Å². The van der Waals surface area contributed by atoms with Crippen molar-refractivity contribution in [2.45, 2.75) is 44.6 Å². The number of likely N-dealkylation sites (tertiary alicyclic amines) is 1. The quantitative estimate of drug-likeness (QED) is 0.868. The van der Waals surface area contributed by atoms with E-state index < -0.39 is 5.54 Å². The molecule has 5 rings (SSSR count). The predicted molar refractivity (Wildman–Crippen MR) is 94.8 cm³/mol. The SMILES string of the molecule is Cc1oncc1C(=O)N1CCC2(CC1)c1nc[nH]c1CCN2C(=O)C1CC1. The van der Waals surface area contributed by atoms with Crippen molar-refractivity contribution in [3.8, 4) is 0 Å². The maximum absolute atomic E-state index is 13.0. The molecule has 0 radical (unpaired) electrons. The largest absolute Gasteiger partial charge is 0.361 e. The van der Waals surface area contributed by atoms with Crippen molar-refractivity contribution in [1.82, 2.24) is 24.9 Å². The van der Waals surface area contributed by atoms with E-state index in [1.54, 1.807) is 13.3 Å². The zero-order valence-corrected chi connectivity index (χ0v) is 15.4. The standard InChI is InChI=1S/C19H23N5O3/c1-12-14(10-22-27-12)18(26)23-8-5-19(6-9-23)16-15(20-11-21-16)4-7-24(19)17(25)13-2-3-13/h10-11,13H,2-9H2,1H3,(H,20,21). The van der Waals surface area contributed by atoms with E-state index in [9.17, 15) is 9.59 Å². The Balaban J connectivity index is 1.42. The third-order valence-electron chi connectivity index (χ3n) is 6.31. The molecule has 2 aliphatic heterocycles. The van der Waals surface area contributed by atoms with Gasteiger partial charge >= 0.3 is 0 Å². The summed E-state index contributed by atoms with van der Waals surface area (Å²) >= 11 is 0.